The maximum absolute atomic E-state index is 5.72. The number of para-hydroxylation sites is 1. The lowest BCUT2D eigenvalue weighted by Crippen LogP contribution is -2.07. The molecule has 78 valence electrons. The third-order valence-corrected chi connectivity index (χ3v) is 2.92. The predicted molar refractivity (Wildman–Crippen MR) is 66.5 cm³/mol. The summed E-state index contributed by atoms with van der Waals surface area (Å²) < 4.78 is -0.985. The van der Waals surface area contributed by atoms with Gasteiger partial charge in [0.1, 0.15) is 4.60 Å². The Bertz CT molecular complexity index is 510. The van der Waals surface area contributed by atoms with Crippen LogP contribution in [0.25, 0.3) is 10.9 Å². The molecule has 0 radical (unpaired) electrons. The molecule has 0 spiro atoms. The Balaban J connectivity index is 2.73. The Morgan fingerprint density at radius 3 is 2.40 bits per heavy atom. The molecule has 6 heteroatoms. The van der Waals surface area contributed by atoms with Crippen LogP contribution in [0.2, 0.25) is 0 Å². The fourth-order valence-corrected chi connectivity index (χ4v) is 1.92. The molecule has 0 aliphatic heterocycles. The van der Waals surface area contributed by atoms with Crippen molar-refractivity contribution in [3.05, 3.63) is 34.7 Å². The van der Waals surface area contributed by atoms with Gasteiger partial charge in [-0.3, -0.25) is 0 Å². The summed E-state index contributed by atoms with van der Waals surface area (Å²) in [6.07, 6.45) is 0. The summed E-state index contributed by atoms with van der Waals surface area (Å²) in [6.45, 7) is 0. The van der Waals surface area contributed by atoms with Crippen LogP contribution in [0.4, 0.5) is 0 Å². The molecule has 0 N–H and O–H groups in total. The summed E-state index contributed by atoms with van der Waals surface area (Å²) in [5, 5.41) is 0.885. The third-order valence-electron chi connectivity index (χ3n) is 1.81. The fourth-order valence-electron chi connectivity index (χ4n) is 1.16. The normalized spacial score (nSPS) is 12.0. The highest BCUT2D eigenvalue weighted by Crippen LogP contribution is 2.37. The van der Waals surface area contributed by atoms with Crippen molar-refractivity contribution in [1.82, 2.24) is 9.97 Å². The van der Waals surface area contributed by atoms with Crippen LogP contribution in [0.5, 0.6) is 0 Å². The predicted octanol–water partition coefficient (Wildman–Crippen LogP) is 4.22. The van der Waals surface area contributed by atoms with Crippen molar-refractivity contribution in [3.63, 3.8) is 0 Å². The van der Waals surface area contributed by atoms with Gasteiger partial charge in [0, 0.05) is 5.39 Å². The third kappa shape index (κ3) is 2.36. The highest BCUT2D eigenvalue weighted by Gasteiger charge is 2.27. The topological polar surface area (TPSA) is 25.8 Å². The van der Waals surface area contributed by atoms with E-state index in [2.05, 4.69) is 25.9 Å². The summed E-state index contributed by atoms with van der Waals surface area (Å²) in [7, 11) is 0. The Kier molecular flexibility index (Phi) is 3.08. The van der Waals surface area contributed by atoms with Gasteiger partial charge < -0.3 is 0 Å². The number of alkyl halides is 3. The number of fused-ring (bicyclic) bond motifs is 1. The van der Waals surface area contributed by atoms with Gasteiger partial charge in [0.15, 0.2) is 5.82 Å². The lowest BCUT2D eigenvalue weighted by Gasteiger charge is -2.10. The fraction of sp³-hybridized carbons (Fsp3) is 0.111. The van der Waals surface area contributed by atoms with Crippen molar-refractivity contribution < 1.29 is 0 Å². The van der Waals surface area contributed by atoms with E-state index in [-0.39, 0.29) is 5.82 Å². The maximum Gasteiger partial charge on any atom is 0.250 e. The average molecular weight is 326 g/mol. The first-order valence-corrected chi connectivity index (χ1v) is 5.90. The number of aromatic nitrogens is 2. The lowest BCUT2D eigenvalue weighted by molar-refractivity contribution is 0.983. The molecule has 0 atom stereocenters. The molecule has 0 unspecified atom stereocenters. The molecule has 0 aliphatic rings. The second-order valence-corrected chi connectivity index (χ2v) is 5.89. The second-order valence-electron chi connectivity index (χ2n) is 2.85. The molecule has 2 aromatic rings. The van der Waals surface area contributed by atoms with Gasteiger partial charge in [0.05, 0.1) is 5.52 Å². The number of hydrogen-bond donors (Lipinski definition) is 0. The molecule has 2 nitrogen and oxygen atoms in total. The van der Waals surface area contributed by atoms with Crippen molar-refractivity contribution in [2.45, 2.75) is 3.79 Å². The van der Waals surface area contributed by atoms with Crippen LogP contribution in [-0.2, 0) is 3.79 Å². The van der Waals surface area contributed by atoms with Crippen molar-refractivity contribution in [1.29, 1.82) is 0 Å². The van der Waals surface area contributed by atoms with E-state index in [9.17, 15) is 0 Å². The number of halogens is 4. The van der Waals surface area contributed by atoms with E-state index < -0.39 is 3.79 Å². The monoisotopic (exact) mass is 324 g/mol. The van der Waals surface area contributed by atoms with Gasteiger partial charge in [0.25, 0.3) is 0 Å². The van der Waals surface area contributed by atoms with Gasteiger partial charge in [-0.05, 0) is 22.0 Å². The maximum atomic E-state index is 5.72. The summed E-state index contributed by atoms with van der Waals surface area (Å²) in [6, 6.07) is 7.48. The minimum atomic E-state index is -1.60. The molecular weight excluding hydrogens is 322 g/mol. The van der Waals surface area contributed by atoms with E-state index in [4.69, 9.17) is 34.8 Å². The minimum Gasteiger partial charge on any atom is -0.228 e. The molecule has 2 rings (SSSR count). The summed E-state index contributed by atoms with van der Waals surface area (Å²) in [5.41, 5.74) is 0.737. The molecule has 0 amide bonds. The number of rotatable bonds is 0. The highest BCUT2D eigenvalue weighted by atomic mass is 79.9. The van der Waals surface area contributed by atoms with E-state index in [0.717, 1.165) is 10.9 Å². The van der Waals surface area contributed by atoms with Gasteiger partial charge in [-0.1, -0.05) is 53.0 Å². The van der Waals surface area contributed by atoms with Crippen molar-refractivity contribution >= 4 is 61.6 Å². The van der Waals surface area contributed by atoms with Gasteiger partial charge in [0.2, 0.25) is 3.79 Å². The smallest absolute Gasteiger partial charge is 0.228 e. The van der Waals surface area contributed by atoms with Crippen LogP contribution in [0.3, 0.4) is 0 Å². The van der Waals surface area contributed by atoms with Gasteiger partial charge in [-0.15, -0.1) is 0 Å². The van der Waals surface area contributed by atoms with Crippen LogP contribution >= 0.6 is 50.7 Å². The number of hydrogen-bond acceptors (Lipinski definition) is 2. The molecule has 0 fully saturated rings. The number of benzene rings is 1. The van der Waals surface area contributed by atoms with Crippen molar-refractivity contribution in [2.24, 2.45) is 0 Å². The Labute approximate surface area is 110 Å². The SMILES string of the molecule is ClC(Cl)(Cl)c1nc(Br)c2ccccc2n1. The molecule has 1 heterocycles. The molecule has 1 aromatic carbocycles. The number of nitrogens with zero attached hydrogens (tertiary/aromatic N) is 2. The summed E-state index contributed by atoms with van der Waals surface area (Å²) in [4.78, 5) is 8.25. The molecule has 0 saturated carbocycles. The van der Waals surface area contributed by atoms with E-state index in [1.807, 2.05) is 24.3 Å². The van der Waals surface area contributed by atoms with E-state index >= 15 is 0 Å². The van der Waals surface area contributed by atoms with Crippen molar-refractivity contribution in [3.8, 4) is 0 Å². The Morgan fingerprint density at radius 1 is 1.07 bits per heavy atom. The first kappa shape index (κ1) is 11.4. The standard InChI is InChI=1S/C9H4BrCl3N2/c10-7-5-3-1-2-4-6(5)14-8(15-7)9(11,12)13/h1-4H. The van der Waals surface area contributed by atoms with E-state index in [0.29, 0.717) is 4.60 Å². The zero-order valence-electron chi connectivity index (χ0n) is 7.22. The van der Waals surface area contributed by atoms with Gasteiger partial charge in [-0.2, -0.15) is 0 Å². The van der Waals surface area contributed by atoms with Gasteiger partial charge >= 0.3 is 0 Å². The summed E-state index contributed by atoms with van der Waals surface area (Å²) >= 11 is 20.5. The Hall–Kier alpha value is -0.0900. The largest absolute Gasteiger partial charge is 0.250 e. The highest BCUT2D eigenvalue weighted by molar-refractivity contribution is 9.10. The minimum absolute atomic E-state index is 0.165. The lowest BCUT2D eigenvalue weighted by atomic mass is 10.2. The average Bonchev–Trinajstić information content (AvgIpc) is 2.16. The molecule has 0 bridgehead atoms. The quantitative estimate of drug-likeness (QED) is 0.535. The molecule has 15 heavy (non-hydrogen) atoms. The Morgan fingerprint density at radius 2 is 1.73 bits per heavy atom. The zero-order chi connectivity index (χ0) is 11.1. The molecular formula is C9H4BrCl3N2. The van der Waals surface area contributed by atoms with E-state index in [1.165, 1.54) is 0 Å². The van der Waals surface area contributed by atoms with Crippen LogP contribution in [0.15, 0.2) is 28.9 Å². The van der Waals surface area contributed by atoms with Crippen LogP contribution < -0.4 is 0 Å². The second kappa shape index (κ2) is 4.06. The van der Waals surface area contributed by atoms with E-state index in [1.54, 1.807) is 0 Å². The molecule has 0 saturated heterocycles. The first-order valence-electron chi connectivity index (χ1n) is 3.98. The van der Waals surface area contributed by atoms with Crippen LogP contribution in [0, 0.1) is 0 Å². The van der Waals surface area contributed by atoms with Crippen molar-refractivity contribution in [2.75, 3.05) is 0 Å². The zero-order valence-corrected chi connectivity index (χ0v) is 11.1. The molecule has 0 aliphatic carbocycles. The molecule has 1 aromatic heterocycles. The summed E-state index contributed by atoms with van der Waals surface area (Å²) in [5.74, 6) is 0.165. The van der Waals surface area contributed by atoms with Crippen LogP contribution in [-0.4, -0.2) is 9.97 Å². The van der Waals surface area contributed by atoms with Gasteiger partial charge in [-0.25, -0.2) is 9.97 Å². The van der Waals surface area contributed by atoms with Crippen LogP contribution in [0.1, 0.15) is 5.82 Å². The first-order chi connectivity index (χ1) is 6.98.